The third-order valence-corrected chi connectivity index (χ3v) is 8.34. The zero-order valence-electron chi connectivity index (χ0n) is 20.4. The Morgan fingerprint density at radius 2 is 0.969 bits per heavy atom. The van der Waals surface area contributed by atoms with E-state index in [0.717, 1.165) is 38.1 Å². The molecule has 0 fully saturated rings. The van der Waals surface area contributed by atoms with Crippen LogP contribution in [0.15, 0.2) is 0 Å². The Labute approximate surface area is 194 Å². The molecule has 0 saturated heterocycles. The van der Waals surface area contributed by atoms with Crippen LogP contribution in [0.3, 0.4) is 0 Å². The van der Waals surface area contributed by atoms with Crippen LogP contribution in [0, 0.1) is 0 Å². The first-order valence-electron chi connectivity index (χ1n) is 12.5. The van der Waals surface area contributed by atoms with Crippen molar-refractivity contribution in [3.8, 4) is 0 Å². The number of carbonyl (C=O) groups excluding carboxylic acids is 1. The Hall–Kier alpha value is -0.643. The second-order valence-electron chi connectivity index (χ2n) is 7.96. The maximum Gasteiger partial charge on any atom is 0.500 e. The van der Waals surface area contributed by atoms with Gasteiger partial charge in [-0.15, -0.1) is 0 Å². The summed E-state index contributed by atoms with van der Waals surface area (Å²) in [5.74, 6) is -2.09. The Morgan fingerprint density at radius 1 is 0.625 bits per heavy atom. The van der Waals surface area contributed by atoms with E-state index in [4.69, 9.17) is 13.3 Å². The van der Waals surface area contributed by atoms with Crippen LogP contribution < -0.4 is 0 Å². The fraction of sp³-hybridized carbons (Fsp3) is 0.957. The van der Waals surface area contributed by atoms with Crippen molar-refractivity contribution in [1.29, 1.82) is 0 Å². The Balaban J connectivity index is 3.49. The van der Waals surface area contributed by atoms with Crippen molar-refractivity contribution in [2.75, 3.05) is 26.4 Å². The summed E-state index contributed by atoms with van der Waals surface area (Å²) in [5.41, 5.74) is 0. The van der Waals surface area contributed by atoms with Gasteiger partial charge in [-0.1, -0.05) is 70.6 Å². The minimum atomic E-state index is -4.88. The molecule has 0 aromatic heterocycles. The highest BCUT2D eigenvalue weighted by atomic mass is 28.4. The van der Waals surface area contributed by atoms with E-state index in [2.05, 4.69) is 4.74 Å². The summed E-state index contributed by atoms with van der Waals surface area (Å²) in [6, 6.07) is 0.896. The number of hydrogen-bond acceptors (Lipinski definition) is 5. The average molecular weight is 487 g/mol. The molecule has 0 spiro atoms. The summed E-state index contributed by atoms with van der Waals surface area (Å²) < 4.78 is 57.7. The predicted octanol–water partition coefficient (Wildman–Crippen LogP) is 7.21. The van der Waals surface area contributed by atoms with Crippen molar-refractivity contribution in [2.24, 2.45) is 0 Å². The molecule has 0 aliphatic carbocycles. The highest BCUT2D eigenvalue weighted by Crippen LogP contribution is 2.21. The molecule has 0 radical (unpaired) electrons. The second-order valence-corrected chi connectivity index (χ2v) is 10.7. The van der Waals surface area contributed by atoms with Crippen LogP contribution >= 0.6 is 0 Å². The number of hydrogen-bond donors (Lipinski definition) is 0. The maximum atomic E-state index is 12.0. The molecule has 0 aromatic carbocycles. The Bertz CT molecular complexity index is 433. The molecule has 192 valence electrons. The van der Waals surface area contributed by atoms with E-state index in [9.17, 15) is 18.0 Å². The lowest BCUT2D eigenvalue weighted by molar-refractivity contribution is -0.199. The SMILES string of the molecule is CCO[Si](CCCCCCCCCCCCCCCOC(=O)C(F)(F)F)(OCC)OCC. The fourth-order valence-electron chi connectivity index (χ4n) is 3.64. The molecule has 0 aromatic rings. The van der Waals surface area contributed by atoms with Gasteiger partial charge in [0.05, 0.1) is 6.61 Å². The lowest BCUT2D eigenvalue weighted by Gasteiger charge is -2.28. The molecule has 0 bridgehead atoms. The van der Waals surface area contributed by atoms with Crippen LogP contribution in [0.25, 0.3) is 0 Å². The number of esters is 1. The van der Waals surface area contributed by atoms with Crippen molar-refractivity contribution in [2.45, 2.75) is 116 Å². The molecule has 9 heteroatoms. The second kappa shape index (κ2) is 19.8. The van der Waals surface area contributed by atoms with E-state index in [1.54, 1.807) is 0 Å². The zero-order chi connectivity index (χ0) is 24.1. The molecule has 32 heavy (non-hydrogen) atoms. The van der Waals surface area contributed by atoms with E-state index < -0.39 is 21.0 Å². The predicted molar refractivity (Wildman–Crippen MR) is 122 cm³/mol. The number of ether oxygens (including phenoxy) is 1. The zero-order valence-corrected chi connectivity index (χ0v) is 21.4. The van der Waals surface area contributed by atoms with Crippen LogP contribution in [-0.4, -0.2) is 47.4 Å². The lowest BCUT2D eigenvalue weighted by atomic mass is 10.0. The van der Waals surface area contributed by atoms with Gasteiger partial charge in [0.25, 0.3) is 0 Å². The average Bonchev–Trinajstić information content (AvgIpc) is 2.73. The third kappa shape index (κ3) is 16.9. The van der Waals surface area contributed by atoms with E-state index >= 15 is 0 Å². The highest BCUT2D eigenvalue weighted by Gasteiger charge is 2.41. The summed E-state index contributed by atoms with van der Waals surface area (Å²) in [5, 5.41) is 0. The summed E-state index contributed by atoms with van der Waals surface area (Å²) >= 11 is 0. The molecule has 0 aliphatic heterocycles. The summed E-state index contributed by atoms with van der Waals surface area (Å²) in [6.45, 7) is 7.70. The van der Waals surface area contributed by atoms with Gasteiger partial charge >= 0.3 is 21.0 Å². The first-order chi connectivity index (χ1) is 15.3. The molecule has 5 nitrogen and oxygen atoms in total. The Morgan fingerprint density at radius 3 is 1.31 bits per heavy atom. The smallest absolute Gasteiger partial charge is 0.459 e. The molecule has 0 atom stereocenters. The van der Waals surface area contributed by atoms with Crippen molar-refractivity contribution in [1.82, 2.24) is 0 Å². The monoisotopic (exact) mass is 486 g/mol. The van der Waals surface area contributed by atoms with E-state index in [1.807, 2.05) is 20.8 Å². The van der Waals surface area contributed by atoms with Crippen LogP contribution in [-0.2, 0) is 22.8 Å². The Kier molecular flexibility index (Phi) is 19.4. The van der Waals surface area contributed by atoms with Crippen molar-refractivity contribution in [3.05, 3.63) is 0 Å². The van der Waals surface area contributed by atoms with Gasteiger partial charge in [-0.3, -0.25) is 0 Å². The van der Waals surface area contributed by atoms with Crippen molar-refractivity contribution < 1.29 is 36.0 Å². The number of carbonyl (C=O) groups is 1. The summed E-state index contributed by atoms with van der Waals surface area (Å²) in [7, 11) is -2.48. The number of alkyl halides is 3. The van der Waals surface area contributed by atoms with Gasteiger partial charge < -0.3 is 18.0 Å². The van der Waals surface area contributed by atoms with Gasteiger partial charge in [0, 0.05) is 25.9 Å². The number of rotatable bonds is 22. The molecule has 0 saturated carbocycles. The summed E-state index contributed by atoms with van der Waals surface area (Å²) in [4.78, 5) is 10.5. The molecule has 0 aliphatic rings. The van der Waals surface area contributed by atoms with Crippen molar-refractivity contribution in [3.63, 3.8) is 0 Å². The number of halogens is 3. The van der Waals surface area contributed by atoms with Gasteiger partial charge in [-0.2, -0.15) is 13.2 Å². The number of unbranched alkanes of at least 4 members (excludes halogenated alkanes) is 12. The summed E-state index contributed by atoms with van der Waals surface area (Å²) in [6.07, 6.45) is 9.31. The van der Waals surface area contributed by atoms with E-state index in [-0.39, 0.29) is 6.61 Å². The van der Waals surface area contributed by atoms with Gasteiger partial charge in [-0.05, 0) is 33.6 Å². The molecule has 0 N–H and O–H groups in total. The van der Waals surface area contributed by atoms with Gasteiger partial charge in [-0.25, -0.2) is 4.79 Å². The largest absolute Gasteiger partial charge is 0.500 e. The van der Waals surface area contributed by atoms with Crippen molar-refractivity contribution >= 4 is 14.8 Å². The fourth-order valence-corrected chi connectivity index (χ4v) is 6.32. The van der Waals surface area contributed by atoms with E-state index in [1.165, 1.54) is 44.9 Å². The molecule has 0 amide bonds. The first kappa shape index (κ1) is 31.4. The van der Waals surface area contributed by atoms with Crippen LogP contribution in [0.2, 0.25) is 6.04 Å². The van der Waals surface area contributed by atoms with Crippen LogP contribution in [0.4, 0.5) is 13.2 Å². The third-order valence-electron chi connectivity index (χ3n) is 5.18. The molecular weight excluding hydrogens is 441 g/mol. The minimum Gasteiger partial charge on any atom is -0.459 e. The van der Waals surface area contributed by atoms with Gasteiger partial charge in [0.1, 0.15) is 0 Å². The van der Waals surface area contributed by atoms with Crippen LogP contribution in [0.1, 0.15) is 104 Å². The first-order valence-corrected chi connectivity index (χ1v) is 14.4. The van der Waals surface area contributed by atoms with Gasteiger partial charge in [0.15, 0.2) is 0 Å². The molecule has 0 unspecified atom stereocenters. The highest BCUT2D eigenvalue weighted by molar-refractivity contribution is 6.60. The lowest BCUT2D eigenvalue weighted by Crippen LogP contribution is -2.45. The van der Waals surface area contributed by atoms with E-state index in [0.29, 0.717) is 26.2 Å². The molecule has 0 rings (SSSR count). The quantitative estimate of drug-likeness (QED) is 0.0919. The van der Waals surface area contributed by atoms with Gasteiger partial charge in [0.2, 0.25) is 0 Å². The normalized spacial score (nSPS) is 12.3. The standard InChI is InChI=1S/C23H45F3O5Si/c1-4-29-32(30-5-2,31-6-3)21-19-17-15-13-11-9-7-8-10-12-14-16-18-20-28-22(27)23(24,25)26/h4-21H2,1-3H3. The minimum absolute atomic E-state index is 0.148. The topological polar surface area (TPSA) is 54.0 Å². The van der Waals surface area contributed by atoms with Crippen LogP contribution in [0.5, 0.6) is 0 Å². The maximum absolute atomic E-state index is 12.0. The molecular formula is C23H45F3O5Si. The molecule has 0 heterocycles.